The van der Waals surface area contributed by atoms with Gasteiger partial charge in [0, 0.05) is 6.54 Å². The van der Waals surface area contributed by atoms with Crippen LogP contribution in [-0.4, -0.2) is 35.2 Å². The van der Waals surface area contributed by atoms with Crippen LogP contribution in [0.25, 0.3) is 0 Å². The summed E-state index contributed by atoms with van der Waals surface area (Å²) in [5, 5.41) is 9.68. The highest BCUT2D eigenvalue weighted by molar-refractivity contribution is 4.71. The zero-order valence-electron chi connectivity index (χ0n) is 10.3. The molecule has 0 amide bonds. The van der Waals surface area contributed by atoms with Gasteiger partial charge in [0.05, 0.1) is 5.60 Å². The molecule has 0 saturated carbocycles. The van der Waals surface area contributed by atoms with E-state index in [1.54, 1.807) is 0 Å². The monoisotopic (exact) mass is 201 g/mol. The van der Waals surface area contributed by atoms with Crippen LogP contribution in [0, 0.1) is 0 Å². The maximum Gasteiger partial charge on any atom is 0.0718 e. The molecule has 0 saturated heterocycles. The Hall–Kier alpha value is -0.0800. The van der Waals surface area contributed by atoms with Crippen molar-refractivity contribution in [3.8, 4) is 0 Å². The molecule has 0 unspecified atom stereocenters. The minimum absolute atomic E-state index is 0.555. The number of hydrogen-bond acceptors (Lipinski definition) is 2. The third-order valence-electron chi connectivity index (χ3n) is 2.39. The summed E-state index contributed by atoms with van der Waals surface area (Å²) in [6.07, 6.45) is 5.20. The van der Waals surface area contributed by atoms with Gasteiger partial charge in [-0.05, 0) is 33.4 Å². The Bertz CT molecular complexity index is 129. The Morgan fingerprint density at radius 2 is 1.71 bits per heavy atom. The van der Waals surface area contributed by atoms with E-state index < -0.39 is 5.60 Å². The second-order valence-electron chi connectivity index (χ2n) is 4.74. The first-order valence-corrected chi connectivity index (χ1v) is 5.94. The van der Waals surface area contributed by atoms with Crippen LogP contribution in [0.1, 0.15) is 53.4 Å². The van der Waals surface area contributed by atoms with E-state index in [9.17, 15) is 5.11 Å². The fraction of sp³-hybridized carbons (Fsp3) is 1.00. The van der Waals surface area contributed by atoms with Crippen LogP contribution < -0.4 is 0 Å². The van der Waals surface area contributed by atoms with E-state index in [0.29, 0.717) is 0 Å². The van der Waals surface area contributed by atoms with E-state index in [0.717, 1.165) is 19.6 Å². The van der Waals surface area contributed by atoms with Crippen molar-refractivity contribution in [3.63, 3.8) is 0 Å². The molecule has 0 aliphatic heterocycles. The average molecular weight is 201 g/mol. The zero-order chi connectivity index (χ0) is 11.0. The molecule has 0 bridgehead atoms. The molecule has 1 N–H and O–H groups in total. The number of likely N-dealkylation sites (N-methyl/N-ethyl adjacent to an activating group) is 1. The molecule has 0 aliphatic rings. The van der Waals surface area contributed by atoms with E-state index in [1.165, 1.54) is 25.7 Å². The molecule has 0 aliphatic carbocycles. The molecule has 0 aromatic heterocycles. The van der Waals surface area contributed by atoms with Crippen LogP contribution in [0.4, 0.5) is 0 Å². The Balaban J connectivity index is 3.58. The van der Waals surface area contributed by atoms with Crippen molar-refractivity contribution >= 4 is 0 Å². The molecule has 0 atom stereocenters. The number of nitrogens with zero attached hydrogens (tertiary/aromatic N) is 1. The minimum atomic E-state index is -0.555. The summed E-state index contributed by atoms with van der Waals surface area (Å²) in [5.41, 5.74) is -0.555. The lowest BCUT2D eigenvalue weighted by Crippen LogP contribution is -2.39. The van der Waals surface area contributed by atoms with E-state index in [2.05, 4.69) is 18.7 Å². The van der Waals surface area contributed by atoms with E-state index in [-0.39, 0.29) is 0 Å². The van der Waals surface area contributed by atoms with Gasteiger partial charge in [-0.2, -0.15) is 0 Å². The summed E-state index contributed by atoms with van der Waals surface area (Å²) in [4.78, 5) is 2.33. The second kappa shape index (κ2) is 7.24. The molecule has 2 heteroatoms. The van der Waals surface area contributed by atoms with Crippen molar-refractivity contribution in [1.29, 1.82) is 0 Å². The average Bonchev–Trinajstić information content (AvgIpc) is 2.08. The summed E-state index contributed by atoms with van der Waals surface area (Å²) in [6, 6.07) is 0. The Kier molecular flexibility index (Phi) is 7.20. The quantitative estimate of drug-likeness (QED) is 0.610. The number of hydrogen-bond donors (Lipinski definition) is 1. The third kappa shape index (κ3) is 8.52. The topological polar surface area (TPSA) is 23.5 Å². The van der Waals surface area contributed by atoms with Crippen LogP contribution >= 0.6 is 0 Å². The van der Waals surface area contributed by atoms with Gasteiger partial charge in [0.1, 0.15) is 0 Å². The van der Waals surface area contributed by atoms with E-state index in [1.807, 2.05) is 13.8 Å². The largest absolute Gasteiger partial charge is 0.389 e. The Labute approximate surface area is 89.3 Å². The van der Waals surface area contributed by atoms with Gasteiger partial charge < -0.3 is 10.0 Å². The lowest BCUT2D eigenvalue weighted by Gasteiger charge is -2.27. The van der Waals surface area contributed by atoms with Gasteiger partial charge in [-0.3, -0.25) is 0 Å². The highest BCUT2D eigenvalue weighted by Gasteiger charge is 2.16. The van der Waals surface area contributed by atoms with Crippen LogP contribution in [0.5, 0.6) is 0 Å². The smallest absolute Gasteiger partial charge is 0.0718 e. The van der Waals surface area contributed by atoms with Crippen molar-refractivity contribution in [1.82, 2.24) is 4.90 Å². The molecule has 2 nitrogen and oxygen atoms in total. The number of unbranched alkanes of at least 4 members (excludes halogenated alkanes) is 3. The van der Waals surface area contributed by atoms with E-state index in [4.69, 9.17) is 0 Å². The molecule has 0 aromatic rings. The van der Waals surface area contributed by atoms with Crippen molar-refractivity contribution in [3.05, 3.63) is 0 Å². The SMILES string of the molecule is CCCCCCN(CC)CC(C)(C)O. The first kappa shape index (κ1) is 13.9. The van der Waals surface area contributed by atoms with Crippen molar-refractivity contribution < 1.29 is 5.11 Å². The van der Waals surface area contributed by atoms with Gasteiger partial charge >= 0.3 is 0 Å². The third-order valence-corrected chi connectivity index (χ3v) is 2.39. The molecule has 0 rings (SSSR count). The standard InChI is InChI=1S/C12H27NO/c1-5-7-8-9-10-13(6-2)11-12(3,4)14/h14H,5-11H2,1-4H3. The summed E-state index contributed by atoms with van der Waals surface area (Å²) < 4.78 is 0. The van der Waals surface area contributed by atoms with Gasteiger partial charge in [-0.1, -0.05) is 33.1 Å². The Morgan fingerprint density at radius 1 is 1.07 bits per heavy atom. The van der Waals surface area contributed by atoms with Gasteiger partial charge in [0.2, 0.25) is 0 Å². The predicted molar refractivity (Wildman–Crippen MR) is 62.6 cm³/mol. The maximum atomic E-state index is 9.68. The van der Waals surface area contributed by atoms with Gasteiger partial charge in [-0.25, -0.2) is 0 Å². The second-order valence-corrected chi connectivity index (χ2v) is 4.74. The first-order chi connectivity index (χ1) is 6.49. The summed E-state index contributed by atoms with van der Waals surface area (Å²) in [5.74, 6) is 0. The van der Waals surface area contributed by atoms with Crippen molar-refractivity contribution in [2.75, 3.05) is 19.6 Å². The predicted octanol–water partition coefficient (Wildman–Crippen LogP) is 2.66. The molecular weight excluding hydrogens is 174 g/mol. The fourth-order valence-electron chi connectivity index (χ4n) is 1.66. The lowest BCUT2D eigenvalue weighted by atomic mass is 10.1. The molecule has 0 fully saturated rings. The highest BCUT2D eigenvalue weighted by atomic mass is 16.3. The van der Waals surface area contributed by atoms with Crippen LogP contribution in [0.15, 0.2) is 0 Å². The molecule has 14 heavy (non-hydrogen) atoms. The highest BCUT2D eigenvalue weighted by Crippen LogP contribution is 2.07. The summed E-state index contributed by atoms with van der Waals surface area (Å²) >= 11 is 0. The summed E-state index contributed by atoms with van der Waals surface area (Å²) in [7, 11) is 0. The van der Waals surface area contributed by atoms with Gasteiger partial charge in [-0.15, -0.1) is 0 Å². The van der Waals surface area contributed by atoms with Crippen LogP contribution in [0.3, 0.4) is 0 Å². The van der Waals surface area contributed by atoms with Crippen molar-refractivity contribution in [2.45, 2.75) is 59.0 Å². The van der Waals surface area contributed by atoms with Gasteiger partial charge in [0.15, 0.2) is 0 Å². The maximum absolute atomic E-state index is 9.68. The first-order valence-electron chi connectivity index (χ1n) is 5.94. The molecular formula is C12H27NO. The number of rotatable bonds is 8. The number of aliphatic hydroxyl groups is 1. The van der Waals surface area contributed by atoms with Crippen molar-refractivity contribution in [2.24, 2.45) is 0 Å². The van der Waals surface area contributed by atoms with E-state index >= 15 is 0 Å². The molecule has 0 aromatic carbocycles. The summed E-state index contributed by atoms with van der Waals surface area (Å²) in [6.45, 7) is 11.1. The Morgan fingerprint density at radius 3 is 2.14 bits per heavy atom. The minimum Gasteiger partial charge on any atom is -0.389 e. The molecule has 0 heterocycles. The fourth-order valence-corrected chi connectivity index (χ4v) is 1.66. The molecule has 0 radical (unpaired) electrons. The molecule has 0 spiro atoms. The van der Waals surface area contributed by atoms with Crippen LogP contribution in [-0.2, 0) is 0 Å². The lowest BCUT2D eigenvalue weighted by molar-refractivity contribution is 0.0373. The zero-order valence-corrected chi connectivity index (χ0v) is 10.3. The normalized spacial score (nSPS) is 12.4. The van der Waals surface area contributed by atoms with Crippen LogP contribution in [0.2, 0.25) is 0 Å². The molecule has 86 valence electrons. The van der Waals surface area contributed by atoms with Gasteiger partial charge in [0.25, 0.3) is 0 Å².